The average Bonchev–Trinajstić information content (AvgIpc) is 2.98. The Hall–Kier alpha value is -1.46. The van der Waals surface area contributed by atoms with Crippen molar-refractivity contribution in [3.8, 4) is 11.5 Å². The van der Waals surface area contributed by atoms with Crippen molar-refractivity contribution in [1.29, 1.82) is 0 Å². The minimum absolute atomic E-state index is 0.464. The molecule has 2 aromatic rings. The fourth-order valence-corrected chi connectivity index (χ4v) is 3.53. The summed E-state index contributed by atoms with van der Waals surface area (Å²) in [6.45, 7) is 4.23. The van der Waals surface area contributed by atoms with Gasteiger partial charge in [-0.1, -0.05) is 23.2 Å². The molecule has 0 radical (unpaired) electrons. The number of aliphatic carboxylic acids is 1. The van der Waals surface area contributed by atoms with Gasteiger partial charge in [0.25, 0.3) is 0 Å². The first-order chi connectivity index (χ1) is 12.5. The van der Waals surface area contributed by atoms with Gasteiger partial charge in [0.2, 0.25) is 0 Å². The summed E-state index contributed by atoms with van der Waals surface area (Å²) in [5, 5.41) is 10.8. The molecule has 0 fully saturated rings. The van der Waals surface area contributed by atoms with Crippen LogP contribution in [0.15, 0.2) is 6.07 Å². The van der Waals surface area contributed by atoms with E-state index in [4.69, 9.17) is 42.6 Å². The molecule has 12 heteroatoms. The molecule has 0 amide bonds. The highest BCUT2D eigenvalue weighted by molar-refractivity contribution is 7.19. The van der Waals surface area contributed by atoms with Gasteiger partial charge < -0.3 is 30.8 Å². The molecule has 0 aliphatic carbocycles. The van der Waals surface area contributed by atoms with E-state index in [1.54, 1.807) is 11.3 Å². The van der Waals surface area contributed by atoms with E-state index in [9.17, 15) is 13.2 Å². The molecule has 1 aromatic carbocycles. The zero-order valence-electron chi connectivity index (χ0n) is 14.3. The van der Waals surface area contributed by atoms with Gasteiger partial charge in [0.15, 0.2) is 11.5 Å². The standard InChI is InChI=1S/C13H16Cl2N2O2S.C2HF3O2/c1-7-6-8-9(14)11(18-4-2-16)12(19-5-3-17)10(15)13(8)20-7;3-2(4,5)1(6)7/h6H,2-5,16-17H2,1H3;(H,6,7)/p+1. The number of aryl methyl sites for hydroxylation is 1. The molecule has 6 nitrogen and oxygen atoms in total. The maximum atomic E-state index is 10.5. The third-order valence-electron chi connectivity index (χ3n) is 2.91. The third-order valence-corrected chi connectivity index (χ3v) is 4.82. The summed E-state index contributed by atoms with van der Waals surface area (Å²) in [6, 6.07) is 2.01. The Morgan fingerprint density at radius 3 is 2.00 bits per heavy atom. The Balaban J connectivity index is 0.000000445. The van der Waals surface area contributed by atoms with Gasteiger partial charge in [0.1, 0.15) is 37.3 Å². The highest BCUT2D eigenvalue weighted by atomic mass is 35.5. The molecule has 0 saturated carbocycles. The Morgan fingerprint density at radius 1 is 1.15 bits per heavy atom. The molecule has 0 unspecified atom stereocenters. The lowest BCUT2D eigenvalue weighted by Gasteiger charge is -2.15. The number of halogens is 5. The number of benzene rings is 1. The van der Waals surface area contributed by atoms with Crippen LogP contribution in [0.4, 0.5) is 13.2 Å². The van der Waals surface area contributed by atoms with E-state index in [-0.39, 0.29) is 0 Å². The van der Waals surface area contributed by atoms with E-state index < -0.39 is 12.1 Å². The largest absolute Gasteiger partial charge is 0.542 e. The van der Waals surface area contributed by atoms with Crippen molar-refractivity contribution in [2.24, 2.45) is 0 Å². The first-order valence-corrected chi connectivity index (χ1v) is 9.15. The molecule has 0 aliphatic rings. The van der Waals surface area contributed by atoms with Crippen LogP contribution in [-0.2, 0) is 4.79 Å². The number of ether oxygens (including phenoxy) is 2. The van der Waals surface area contributed by atoms with Crippen LogP contribution in [0.3, 0.4) is 0 Å². The number of hydrogen-bond acceptors (Lipinski definition) is 5. The highest BCUT2D eigenvalue weighted by Gasteiger charge is 2.28. The van der Waals surface area contributed by atoms with Gasteiger partial charge in [-0.15, -0.1) is 11.3 Å². The summed E-state index contributed by atoms with van der Waals surface area (Å²) in [4.78, 5) is 9.92. The van der Waals surface area contributed by atoms with E-state index in [1.807, 2.05) is 13.0 Å². The minimum Gasteiger partial charge on any atom is -0.542 e. The predicted octanol–water partition coefficient (Wildman–Crippen LogP) is 1.06. The van der Waals surface area contributed by atoms with Crippen molar-refractivity contribution < 1.29 is 44.0 Å². The first-order valence-electron chi connectivity index (χ1n) is 7.57. The molecule has 0 aliphatic heterocycles. The van der Waals surface area contributed by atoms with Crippen LogP contribution in [0.5, 0.6) is 11.5 Å². The topological polar surface area (TPSA) is 114 Å². The number of carbonyl (C=O) groups excluding carboxylic acids is 1. The summed E-state index contributed by atoms with van der Waals surface area (Å²) in [7, 11) is 0. The van der Waals surface area contributed by atoms with Crippen molar-refractivity contribution in [2.45, 2.75) is 13.1 Å². The van der Waals surface area contributed by atoms with E-state index in [0.717, 1.165) is 15.0 Å². The van der Waals surface area contributed by atoms with E-state index >= 15 is 0 Å². The predicted molar refractivity (Wildman–Crippen MR) is 94.1 cm³/mol. The number of thiophene rings is 1. The molecule has 0 bridgehead atoms. The normalized spacial score (nSPS) is 11.1. The van der Waals surface area contributed by atoms with E-state index in [0.29, 0.717) is 47.8 Å². The number of rotatable bonds is 6. The smallest absolute Gasteiger partial charge is 0.430 e. The molecule has 0 atom stereocenters. The maximum absolute atomic E-state index is 10.5. The summed E-state index contributed by atoms with van der Waals surface area (Å²) < 4.78 is 43.9. The number of carboxylic acids is 1. The zero-order valence-corrected chi connectivity index (χ0v) is 16.6. The van der Waals surface area contributed by atoms with Crippen LogP contribution in [0.1, 0.15) is 4.88 Å². The van der Waals surface area contributed by atoms with Crippen molar-refractivity contribution in [2.75, 3.05) is 26.3 Å². The van der Waals surface area contributed by atoms with Crippen LogP contribution in [0.25, 0.3) is 10.1 Å². The second-order valence-electron chi connectivity index (χ2n) is 5.08. The Labute approximate surface area is 166 Å². The van der Waals surface area contributed by atoms with Crippen molar-refractivity contribution in [3.05, 3.63) is 21.0 Å². The van der Waals surface area contributed by atoms with Gasteiger partial charge >= 0.3 is 6.18 Å². The first kappa shape index (κ1) is 23.6. The highest BCUT2D eigenvalue weighted by Crippen LogP contribution is 2.49. The number of fused-ring (bicyclic) bond motifs is 1. The van der Waals surface area contributed by atoms with Crippen molar-refractivity contribution in [1.82, 2.24) is 0 Å². The fourth-order valence-electron chi connectivity index (χ4n) is 1.87. The SMILES string of the molecule is Cc1cc2c(Cl)c(OCC[NH3+])c(OCC[NH3+])c(Cl)c2s1.O=C([O-])C(F)(F)F. The Morgan fingerprint density at radius 2 is 1.59 bits per heavy atom. The summed E-state index contributed by atoms with van der Waals surface area (Å²) in [5.74, 6) is -2.00. The number of carbonyl (C=O) groups is 1. The van der Waals surface area contributed by atoms with Gasteiger partial charge in [0, 0.05) is 10.3 Å². The van der Waals surface area contributed by atoms with Gasteiger partial charge in [0.05, 0.1) is 9.72 Å². The maximum Gasteiger partial charge on any atom is 0.430 e. The fraction of sp³-hybridized carbons (Fsp3) is 0.400. The molecule has 1 heterocycles. The average molecular weight is 450 g/mol. The van der Waals surface area contributed by atoms with Crippen molar-refractivity contribution >= 4 is 50.6 Å². The second-order valence-corrected chi connectivity index (χ2v) is 7.09. The molecule has 152 valence electrons. The lowest BCUT2D eigenvalue weighted by molar-refractivity contribution is -0.372. The number of carboxylic acid groups (broad SMARTS) is 1. The molecular weight excluding hydrogens is 432 g/mol. The number of quaternary nitrogens is 2. The van der Waals surface area contributed by atoms with Crippen LogP contribution in [0.2, 0.25) is 10.0 Å². The lowest BCUT2D eigenvalue weighted by atomic mass is 10.2. The van der Waals surface area contributed by atoms with Crippen LogP contribution < -0.4 is 26.0 Å². The van der Waals surface area contributed by atoms with Crippen LogP contribution >= 0.6 is 34.5 Å². The monoisotopic (exact) mass is 449 g/mol. The quantitative estimate of drug-likeness (QED) is 0.685. The summed E-state index contributed by atoms with van der Waals surface area (Å²) >= 11 is 14.5. The van der Waals surface area contributed by atoms with Gasteiger partial charge in [-0.3, -0.25) is 0 Å². The van der Waals surface area contributed by atoms with E-state index in [1.165, 1.54) is 0 Å². The molecule has 1 aromatic heterocycles. The van der Waals surface area contributed by atoms with Crippen LogP contribution in [-0.4, -0.2) is 38.4 Å². The zero-order chi connectivity index (χ0) is 20.8. The third kappa shape index (κ3) is 6.28. The molecule has 27 heavy (non-hydrogen) atoms. The minimum atomic E-state index is -5.19. The van der Waals surface area contributed by atoms with Crippen LogP contribution in [0, 0.1) is 6.92 Å². The second kappa shape index (κ2) is 10.2. The Bertz CT molecular complexity index is 749. The lowest BCUT2D eigenvalue weighted by Crippen LogP contribution is -2.53. The van der Waals surface area contributed by atoms with Gasteiger partial charge in [-0.25, -0.2) is 0 Å². The molecule has 0 saturated heterocycles. The molecular formula is C15H18Cl2F3N2O4S+. The van der Waals surface area contributed by atoms with Crippen molar-refractivity contribution in [3.63, 3.8) is 0 Å². The number of alkyl halides is 3. The summed E-state index contributed by atoms with van der Waals surface area (Å²) in [5.41, 5.74) is 7.52. The molecule has 0 spiro atoms. The molecule has 6 N–H and O–H groups in total. The van der Waals surface area contributed by atoms with Gasteiger partial charge in [-0.2, -0.15) is 13.2 Å². The Kier molecular flexibility index (Phi) is 8.89. The van der Waals surface area contributed by atoms with Gasteiger partial charge in [-0.05, 0) is 13.0 Å². The summed E-state index contributed by atoms with van der Waals surface area (Å²) in [6.07, 6.45) is -5.19. The van der Waals surface area contributed by atoms with E-state index in [2.05, 4.69) is 11.5 Å². The molecule has 2 rings (SSSR count). The number of hydrogen-bond donors (Lipinski definition) is 2.